The SMILES string of the molecule is OC(c1cccc(C(F)(F)F)c1)(c1ccccc1C(F)(F)F)C(F)(F)C(F)(F)F. The molecule has 160 valence electrons. The Morgan fingerprint density at radius 2 is 1.03 bits per heavy atom. The molecule has 0 radical (unpaired) electrons. The van der Waals surface area contributed by atoms with Crippen molar-refractivity contribution in [3.8, 4) is 0 Å². The van der Waals surface area contributed by atoms with E-state index in [0.29, 0.717) is 24.3 Å². The van der Waals surface area contributed by atoms with Crippen molar-refractivity contribution in [1.29, 1.82) is 0 Å². The van der Waals surface area contributed by atoms with Crippen molar-refractivity contribution in [3.63, 3.8) is 0 Å². The molecule has 0 spiro atoms. The van der Waals surface area contributed by atoms with Crippen LogP contribution in [0.5, 0.6) is 0 Å². The summed E-state index contributed by atoms with van der Waals surface area (Å²) in [5, 5.41) is 10.4. The van der Waals surface area contributed by atoms with Crippen molar-refractivity contribution in [3.05, 3.63) is 70.8 Å². The molecule has 0 aliphatic carbocycles. The predicted molar refractivity (Wildman–Crippen MR) is 76.9 cm³/mol. The second-order valence-electron chi connectivity index (χ2n) is 5.90. The topological polar surface area (TPSA) is 20.2 Å². The number of hydrogen-bond acceptors (Lipinski definition) is 1. The minimum absolute atomic E-state index is 0.125. The average Bonchev–Trinajstić information content (AvgIpc) is 2.58. The summed E-state index contributed by atoms with van der Waals surface area (Å²) >= 11 is 0. The maximum Gasteiger partial charge on any atom is 0.457 e. The smallest absolute Gasteiger partial charge is 0.374 e. The van der Waals surface area contributed by atoms with Gasteiger partial charge < -0.3 is 5.11 Å². The van der Waals surface area contributed by atoms with E-state index in [1.54, 1.807) is 0 Å². The molecule has 0 bridgehead atoms. The van der Waals surface area contributed by atoms with Crippen LogP contribution in [0, 0.1) is 0 Å². The molecular weight excluding hydrogens is 429 g/mol. The summed E-state index contributed by atoms with van der Waals surface area (Å²) in [6.45, 7) is 0. The standard InChI is InChI=1S/C17H9F11O/c18-14(19,20)10-5-3-4-9(8-10)13(29,16(24,25)17(26,27)28)11-6-1-2-7-12(11)15(21,22)23/h1-8,29H. The van der Waals surface area contributed by atoms with Crippen LogP contribution in [0.3, 0.4) is 0 Å². The predicted octanol–water partition coefficient (Wildman–Crippen LogP) is 6.16. The molecule has 1 N–H and O–H groups in total. The van der Waals surface area contributed by atoms with E-state index in [4.69, 9.17) is 0 Å². The van der Waals surface area contributed by atoms with Gasteiger partial charge in [0.25, 0.3) is 0 Å². The third kappa shape index (κ3) is 3.89. The lowest BCUT2D eigenvalue weighted by atomic mass is 9.77. The number of rotatable bonds is 3. The monoisotopic (exact) mass is 438 g/mol. The highest BCUT2D eigenvalue weighted by Gasteiger charge is 2.72. The van der Waals surface area contributed by atoms with Gasteiger partial charge in [0.15, 0.2) is 5.60 Å². The zero-order valence-electron chi connectivity index (χ0n) is 13.7. The molecule has 2 aromatic carbocycles. The highest BCUT2D eigenvalue weighted by atomic mass is 19.4. The third-order valence-corrected chi connectivity index (χ3v) is 4.04. The van der Waals surface area contributed by atoms with Gasteiger partial charge in [0.1, 0.15) is 0 Å². The van der Waals surface area contributed by atoms with Gasteiger partial charge in [-0.1, -0.05) is 30.3 Å². The largest absolute Gasteiger partial charge is 0.457 e. The molecular formula is C17H9F11O. The molecule has 0 aliphatic rings. The number of alkyl halides is 11. The summed E-state index contributed by atoms with van der Waals surface area (Å²) in [6, 6.07) is 2.25. The van der Waals surface area contributed by atoms with E-state index < -0.39 is 52.3 Å². The van der Waals surface area contributed by atoms with Gasteiger partial charge in [0, 0.05) is 5.56 Å². The Morgan fingerprint density at radius 1 is 0.552 bits per heavy atom. The van der Waals surface area contributed by atoms with Gasteiger partial charge in [-0.15, -0.1) is 0 Å². The van der Waals surface area contributed by atoms with Crippen molar-refractivity contribution < 1.29 is 53.4 Å². The van der Waals surface area contributed by atoms with Crippen molar-refractivity contribution in [2.24, 2.45) is 0 Å². The van der Waals surface area contributed by atoms with Crippen molar-refractivity contribution in [2.75, 3.05) is 0 Å². The summed E-state index contributed by atoms with van der Waals surface area (Å²) in [6.07, 6.45) is -17.3. The first-order valence-electron chi connectivity index (χ1n) is 7.45. The molecule has 2 rings (SSSR count). The molecule has 0 saturated carbocycles. The Hall–Kier alpha value is -2.37. The zero-order valence-corrected chi connectivity index (χ0v) is 13.7. The van der Waals surface area contributed by atoms with Gasteiger partial charge in [-0.3, -0.25) is 0 Å². The van der Waals surface area contributed by atoms with Crippen LogP contribution in [0.4, 0.5) is 48.3 Å². The summed E-state index contributed by atoms with van der Waals surface area (Å²) in [4.78, 5) is 0. The molecule has 0 aliphatic heterocycles. The van der Waals surface area contributed by atoms with Gasteiger partial charge >= 0.3 is 24.5 Å². The Kier molecular flexibility index (Phi) is 5.42. The van der Waals surface area contributed by atoms with Gasteiger partial charge in [-0.25, -0.2) is 0 Å². The Balaban J connectivity index is 2.96. The molecule has 1 nitrogen and oxygen atoms in total. The number of benzene rings is 2. The average molecular weight is 438 g/mol. The highest BCUT2D eigenvalue weighted by Crippen LogP contribution is 2.54. The molecule has 1 unspecified atom stereocenters. The Morgan fingerprint density at radius 3 is 1.48 bits per heavy atom. The normalized spacial score (nSPS) is 15.9. The van der Waals surface area contributed by atoms with Crippen LogP contribution in [0.1, 0.15) is 22.3 Å². The lowest BCUT2D eigenvalue weighted by Crippen LogP contribution is -2.56. The first-order chi connectivity index (χ1) is 12.9. The fourth-order valence-electron chi connectivity index (χ4n) is 2.68. The Labute approximate surface area is 155 Å². The van der Waals surface area contributed by atoms with Gasteiger partial charge in [0.05, 0.1) is 11.1 Å². The second-order valence-corrected chi connectivity index (χ2v) is 5.90. The maximum absolute atomic E-state index is 14.3. The fraction of sp³-hybridized carbons (Fsp3) is 0.294. The molecule has 0 aromatic heterocycles. The van der Waals surface area contributed by atoms with Crippen LogP contribution in [0.15, 0.2) is 48.5 Å². The van der Waals surface area contributed by atoms with Gasteiger partial charge in [-0.05, 0) is 23.8 Å². The summed E-state index contributed by atoms with van der Waals surface area (Å²) < 4.78 is 146. The molecule has 29 heavy (non-hydrogen) atoms. The lowest BCUT2D eigenvalue weighted by molar-refractivity contribution is -0.337. The van der Waals surface area contributed by atoms with Crippen molar-refractivity contribution in [2.45, 2.75) is 30.1 Å². The molecule has 1 atom stereocenters. The van der Waals surface area contributed by atoms with E-state index in [0.717, 1.165) is 0 Å². The highest BCUT2D eigenvalue weighted by molar-refractivity contribution is 5.46. The zero-order chi connectivity index (χ0) is 22.5. The van der Waals surface area contributed by atoms with E-state index in [1.165, 1.54) is 0 Å². The quantitative estimate of drug-likeness (QED) is 0.570. The van der Waals surface area contributed by atoms with E-state index in [1.807, 2.05) is 0 Å². The van der Waals surface area contributed by atoms with E-state index >= 15 is 0 Å². The van der Waals surface area contributed by atoms with Crippen LogP contribution in [0.2, 0.25) is 0 Å². The lowest BCUT2D eigenvalue weighted by Gasteiger charge is -2.39. The maximum atomic E-state index is 14.3. The van der Waals surface area contributed by atoms with Gasteiger partial charge in [0.2, 0.25) is 0 Å². The second kappa shape index (κ2) is 6.85. The van der Waals surface area contributed by atoms with Crippen molar-refractivity contribution in [1.82, 2.24) is 0 Å². The molecule has 2 aromatic rings. The third-order valence-electron chi connectivity index (χ3n) is 4.04. The summed E-state index contributed by atoms with van der Waals surface area (Å²) in [5.74, 6) is -6.29. The summed E-state index contributed by atoms with van der Waals surface area (Å²) in [5.41, 5.74) is -12.3. The van der Waals surface area contributed by atoms with Crippen molar-refractivity contribution >= 4 is 0 Å². The van der Waals surface area contributed by atoms with Crippen LogP contribution in [-0.2, 0) is 18.0 Å². The van der Waals surface area contributed by atoms with E-state index in [2.05, 4.69) is 0 Å². The number of halogens is 11. The fourth-order valence-corrected chi connectivity index (χ4v) is 2.68. The minimum atomic E-state index is -6.60. The van der Waals surface area contributed by atoms with Crippen LogP contribution in [-0.4, -0.2) is 17.2 Å². The molecule has 0 heterocycles. The van der Waals surface area contributed by atoms with Crippen LogP contribution in [0.25, 0.3) is 0 Å². The van der Waals surface area contributed by atoms with Gasteiger partial charge in [-0.2, -0.15) is 48.3 Å². The number of aliphatic hydroxyl groups is 1. The summed E-state index contributed by atoms with van der Waals surface area (Å²) in [7, 11) is 0. The first kappa shape index (κ1) is 22.9. The first-order valence-corrected chi connectivity index (χ1v) is 7.45. The molecule has 0 saturated heterocycles. The van der Waals surface area contributed by atoms with E-state index in [-0.39, 0.29) is 24.3 Å². The minimum Gasteiger partial charge on any atom is -0.374 e. The number of hydrogen-bond donors (Lipinski definition) is 1. The van der Waals surface area contributed by atoms with E-state index in [9.17, 15) is 53.4 Å². The molecule has 12 heteroatoms. The van der Waals surface area contributed by atoms with Crippen LogP contribution >= 0.6 is 0 Å². The molecule has 0 fully saturated rings. The van der Waals surface area contributed by atoms with Crippen LogP contribution < -0.4 is 0 Å². The Bertz CT molecular complexity index is 880. The molecule has 0 amide bonds.